The van der Waals surface area contributed by atoms with Gasteiger partial charge in [0.1, 0.15) is 0 Å². The molecule has 1 unspecified atom stereocenters. The Hall–Kier alpha value is -3.04. The molecular weight excluding hydrogens is 531 g/mol. The third-order valence-corrected chi connectivity index (χ3v) is 7.88. The summed E-state index contributed by atoms with van der Waals surface area (Å²) in [5.41, 5.74) is 4.43. The van der Waals surface area contributed by atoms with Gasteiger partial charge in [0.15, 0.2) is 11.2 Å². The summed E-state index contributed by atoms with van der Waals surface area (Å²) in [6, 6.07) is 12.7. The standard InChI is InChI=1S/C27H24Cl2N4O3S/c1-3-33-11-10-22-18(13-33)24(17-6-4-5-7-21(17)30-22)26(35)36-15(2)25(34)32-27-31-23(14-37-27)16-8-9-19(28)20(29)12-16/h4-9,12,14-15H,3,10-11,13H2,1-2H3,(H,31,32,34). The van der Waals surface area contributed by atoms with Crippen LogP contribution in [0.3, 0.4) is 0 Å². The highest BCUT2D eigenvalue weighted by molar-refractivity contribution is 7.14. The third kappa shape index (κ3) is 5.33. The van der Waals surface area contributed by atoms with Crippen molar-refractivity contribution >= 4 is 62.4 Å². The number of carbonyl (C=O) groups excluding carboxylic acids is 2. The van der Waals surface area contributed by atoms with E-state index >= 15 is 0 Å². The number of carbonyl (C=O) groups is 2. The first kappa shape index (κ1) is 25.6. The van der Waals surface area contributed by atoms with Crippen LogP contribution in [0.2, 0.25) is 10.0 Å². The predicted octanol–water partition coefficient (Wildman–Crippen LogP) is 6.23. The maximum absolute atomic E-state index is 13.5. The number of amides is 1. The number of rotatable bonds is 6. The van der Waals surface area contributed by atoms with E-state index in [-0.39, 0.29) is 0 Å². The summed E-state index contributed by atoms with van der Waals surface area (Å²) in [5, 5.41) is 6.54. The van der Waals surface area contributed by atoms with E-state index in [0.29, 0.717) is 33.0 Å². The lowest BCUT2D eigenvalue weighted by molar-refractivity contribution is -0.123. The van der Waals surface area contributed by atoms with Gasteiger partial charge >= 0.3 is 5.97 Å². The molecule has 0 bridgehead atoms. The van der Waals surface area contributed by atoms with Crippen LogP contribution in [0.5, 0.6) is 0 Å². The maximum Gasteiger partial charge on any atom is 0.339 e. The zero-order chi connectivity index (χ0) is 26.1. The molecular formula is C27H24Cl2N4O3S. The molecule has 2 aromatic carbocycles. The number of nitrogens with one attached hydrogen (secondary N) is 1. The topological polar surface area (TPSA) is 84.4 Å². The molecule has 1 N–H and O–H groups in total. The number of nitrogens with zero attached hydrogens (tertiary/aromatic N) is 3. The quantitative estimate of drug-likeness (QED) is 0.284. The molecule has 3 heterocycles. The van der Waals surface area contributed by atoms with Crippen LogP contribution in [0, 0.1) is 0 Å². The molecule has 0 spiro atoms. The lowest BCUT2D eigenvalue weighted by atomic mass is 9.95. The number of ether oxygens (including phenoxy) is 1. The number of anilines is 1. The second kappa shape index (κ2) is 10.8. The zero-order valence-corrected chi connectivity index (χ0v) is 22.6. The van der Waals surface area contributed by atoms with E-state index < -0.39 is 18.0 Å². The van der Waals surface area contributed by atoms with E-state index in [2.05, 4.69) is 22.1 Å². The molecule has 1 aliphatic rings. The van der Waals surface area contributed by atoms with Crippen molar-refractivity contribution in [1.82, 2.24) is 14.9 Å². The molecule has 7 nitrogen and oxygen atoms in total. The number of benzene rings is 2. The minimum absolute atomic E-state index is 0.388. The van der Waals surface area contributed by atoms with Crippen LogP contribution in [0.15, 0.2) is 47.8 Å². The fourth-order valence-electron chi connectivity index (χ4n) is 4.35. The van der Waals surface area contributed by atoms with Crippen molar-refractivity contribution in [3.63, 3.8) is 0 Å². The summed E-state index contributed by atoms with van der Waals surface area (Å²) < 4.78 is 5.68. The van der Waals surface area contributed by atoms with Gasteiger partial charge < -0.3 is 4.74 Å². The number of fused-ring (bicyclic) bond motifs is 2. The Morgan fingerprint density at radius 1 is 1.16 bits per heavy atom. The molecule has 37 heavy (non-hydrogen) atoms. The molecule has 0 fully saturated rings. The second-order valence-corrected chi connectivity index (χ2v) is 10.4. The van der Waals surface area contributed by atoms with Crippen LogP contribution in [0.1, 0.15) is 35.5 Å². The van der Waals surface area contributed by atoms with Crippen LogP contribution in [0.25, 0.3) is 22.2 Å². The number of likely N-dealkylation sites (N-methyl/N-ethyl adjacent to an activating group) is 1. The first-order valence-corrected chi connectivity index (χ1v) is 13.5. The molecule has 0 radical (unpaired) electrons. The molecule has 0 saturated carbocycles. The molecule has 2 aromatic heterocycles. The highest BCUT2D eigenvalue weighted by Crippen LogP contribution is 2.31. The summed E-state index contributed by atoms with van der Waals surface area (Å²) in [5.74, 6) is -1.00. The molecule has 10 heteroatoms. The largest absolute Gasteiger partial charge is 0.449 e. The van der Waals surface area contributed by atoms with Gasteiger partial charge in [0.2, 0.25) is 0 Å². The predicted molar refractivity (Wildman–Crippen MR) is 147 cm³/mol. The van der Waals surface area contributed by atoms with Crippen molar-refractivity contribution in [3.8, 4) is 11.3 Å². The molecule has 0 aliphatic carbocycles. The molecule has 1 amide bonds. The molecule has 1 aliphatic heterocycles. The van der Waals surface area contributed by atoms with Gasteiger partial charge in [0.25, 0.3) is 5.91 Å². The Labute approximate surface area is 228 Å². The minimum Gasteiger partial charge on any atom is -0.449 e. The number of para-hydroxylation sites is 1. The van der Waals surface area contributed by atoms with Crippen molar-refractivity contribution in [2.45, 2.75) is 32.9 Å². The Morgan fingerprint density at radius 3 is 2.76 bits per heavy atom. The average molecular weight is 555 g/mol. The van der Waals surface area contributed by atoms with Gasteiger partial charge in [0.05, 0.1) is 26.8 Å². The SMILES string of the molecule is CCN1CCc2nc3ccccc3c(C(=O)OC(C)C(=O)Nc3nc(-c4ccc(Cl)c(Cl)c4)cs3)c2C1. The van der Waals surface area contributed by atoms with Crippen molar-refractivity contribution in [2.75, 3.05) is 18.4 Å². The summed E-state index contributed by atoms with van der Waals surface area (Å²) in [6.07, 6.45) is -0.270. The lowest BCUT2D eigenvalue weighted by Crippen LogP contribution is -2.34. The fraction of sp³-hybridized carbons (Fsp3) is 0.259. The van der Waals surface area contributed by atoms with Gasteiger partial charge in [-0.3, -0.25) is 20.0 Å². The van der Waals surface area contributed by atoms with Gasteiger partial charge in [-0.25, -0.2) is 9.78 Å². The maximum atomic E-state index is 13.5. The smallest absolute Gasteiger partial charge is 0.339 e. The van der Waals surface area contributed by atoms with Gasteiger partial charge in [-0.1, -0.05) is 54.4 Å². The Morgan fingerprint density at radius 2 is 1.97 bits per heavy atom. The number of pyridine rings is 1. The summed E-state index contributed by atoms with van der Waals surface area (Å²) >= 11 is 13.4. The lowest BCUT2D eigenvalue weighted by Gasteiger charge is -2.29. The molecule has 1 atom stereocenters. The second-order valence-electron chi connectivity index (χ2n) is 8.75. The molecule has 4 aromatic rings. The Bertz CT molecular complexity index is 1510. The first-order valence-electron chi connectivity index (χ1n) is 11.9. The van der Waals surface area contributed by atoms with Crippen LogP contribution >= 0.6 is 34.5 Å². The zero-order valence-electron chi connectivity index (χ0n) is 20.3. The van der Waals surface area contributed by atoms with E-state index in [4.69, 9.17) is 32.9 Å². The number of aromatic nitrogens is 2. The molecule has 5 rings (SSSR count). The van der Waals surface area contributed by atoms with E-state index in [0.717, 1.165) is 47.2 Å². The van der Waals surface area contributed by atoms with Crippen LogP contribution < -0.4 is 5.32 Å². The fourth-order valence-corrected chi connectivity index (χ4v) is 5.37. The van der Waals surface area contributed by atoms with Crippen molar-refractivity contribution in [1.29, 1.82) is 0 Å². The highest BCUT2D eigenvalue weighted by Gasteiger charge is 2.28. The van der Waals surface area contributed by atoms with Crippen LogP contribution in [0.4, 0.5) is 5.13 Å². The van der Waals surface area contributed by atoms with Gasteiger partial charge in [0, 0.05) is 47.1 Å². The van der Waals surface area contributed by atoms with Gasteiger partial charge in [-0.2, -0.15) is 0 Å². The monoisotopic (exact) mass is 554 g/mol. The number of hydrogen-bond acceptors (Lipinski definition) is 7. The number of esters is 1. The highest BCUT2D eigenvalue weighted by atomic mass is 35.5. The summed E-state index contributed by atoms with van der Waals surface area (Å²) in [7, 11) is 0. The number of thiazole rings is 1. The summed E-state index contributed by atoms with van der Waals surface area (Å²) in [6.45, 7) is 6.02. The van der Waals surface area contributed by atoms with Crippen molar-refractivity contribution in [2.24, 2.45) is 0 Å². The Kier molecular flexibility index (Phi) is 7.44. The molecule has 190 valence electrons. The minimum atomic E-state index is -1.03. The normalized spacial score (nSPS) is 14.3. The van der Waals surface area contributed by atoms with Crippen LogP contribution in [-0.2, 0) is 22.5 Å². The van der Waals surface area contributed by atoms with Crippen molar-refractivity contribution in [3.05, 3.63) is 74.7 Å². The first-order chi connectivity index (χ1) is 17.8. The average Bonchev–Trinajstić information content (AvgIpc) is 3.36. The number of halogens is 2. The van der Waals surface area contributed by atoms with E-state index in [9.17, 15) is 9.59 Å². The molecule has 0 saturated heterocycles. The van der Waals surface area contributed by atoms with Gasteiger partial charge in [-0.15, -0.1) is 11.3 Å². The van der Waals surface area contributed by atoms with E-state index in [1.165, 1.54) is 11.3 Å². The van der Waals surface area contributed by atoms with Crippen molar-refractivity contribution < 1.29 is 14.3 Å². The third-order valence-electron chi connectivity index (χ3n) is 6.38. The van der Waals surface area contributed by atoms with E-state index in [1.54, 1.807) is 30.5 Å². The van der Waals surface area contributed by atoms with Crippen LogP contribution in [-0.4, -0.2) is 45.9 Å². The van der Waals surface area contributed by atoms with Gasteiger partial charge in [-0.05, 0) is 31.7 Å². The number of hydrogen-bond donors (Lipinski definition) is 1. The Balaban J connectivity index is 1.34. The summed E-state index contributed by atoms with van der Waals surface area (Å²) in [4.78, 5) is 37.9. The van der Waals surface area contributed by atoms with E-state index in [1.807, 2.05) is 24.3 Å².